The molecule has 0 saturated carbocycles. The predicted octanol–water partition coefficient (Wildman–Crippen LogP) is 4.52. The predicted molar refractivity (Wildman–Crippen MR) is 120 cm³/mol. The normalized spacial score (nSPS) is 11.5. The third-order valence-electron chi connectivity index (χ3n) is 4.48. The van der Waals surface area contributed by atoms with Gasteiger partial charge in [0.25, 0.3) is 0 Å². The number of benzene rings is 2. The summed E-state index contributed by atoms with van der Waals surface area (Å²) in [4.78, 5) is 31.5. The van der Waals surface area contributed by atoms with E-state index < -0.39 is 6.04 Å². The van der Waals surface area contributed by atoms with Crippen LogP contribution in [0.25, 0.3) is 10.9 Å². The summed E-state index contributed by atoms with van der Waals surface area (Å²) in [5, 5.41) is 5.22. The fourth-order valence-corrected chi connectivity index (χ4v) is 3.10. The Morgan fingerprint density at radius 2 is 1.77 bits per heavy atom. The van der Waals surface area contributed by atoms with Crippen molar-refractivity contribution in [2.24, 2.45) is 0 Å². The lowest BCUT2D eigenvalue weighted by atomic mass is 10.2. The SMILES string of the molecule is C=CC(NC(C)=O)c1nc(N(Oc2ccccn2)c2ccccc2)c2ccccc2n1. The fraction of sp³-hybridized carbons (Fsp3) is 0.0833. The number of nitrogens with one attached hydrogen (secondary N) is 1. The third-order valence-corrected chi connectivity index (χ3v) is 4.48. The Kier molecular flexibility index (Phi) is 5.84. The minimum absolute atomic E-state index is 0.201. The molecule has 1 amide bonds. The van der Waals surface area contributed by atoms with Gasteiger partial charge in [0, 0.05) is 24.6 Å². The van der Waals surface area contributed by atoms with Crippen LogP contribution in [0.1, 0.15) is 18.8 Å². The van der Waals surface area contributed by atoms with Crippen LogP contribution in [0.5, 0.6) is 5.88 Å². The largest absolute Gasteiger partial charge is 0.353 e. The molecular weight excluding hydrogens is 390 g/mol. The molecule has 0 saturated heterocycles. The lowest BCUT2D eigenvalue weighted by molar-refractivity contribution is -0.119. The average molecular weight is 411 g/mol. The summed E-state index contributed by atoms with van der Waals surface area (Å²) in [5.74, 6) is 1.14. The molecule has 7 nitrogen and oxygen atoms in total. The van der Waals surface area contributed by atoms with Gasteiger partial charge >= 0.3 is 0 Å². The number of anilines is 2. The molecule has 0 aliphatic rings. The van der Waals surface area contributed by atoms with E-state index in [1.165, 1.54) is 6.92 Å². The average Bonchev–Trinajstić information content (AvgIpc) is 2.81. The molecule has 0 fully saturated rings. The quantitative estimate of drug-likeness (QED) is 0.356. The maximum absolute atomic E-state index is 11.7. The molecule has 1 atom stereocenters. The molecule has 0 aliphatic heterocycles. The van der Waals surface area contributed by atoms with Crippen molar-refractivity contribution in [3.63, 3.8) is 0 Å². The second kappa shape index (κ2) is 9.04. The van der Waals surface area contributed by atoms with Crippen molar-refractivity contribution < 1.29 is 9.63 Å². The summed E-state index contributed by atoms with van der Waals surface area (Å²) in [6.45, 7) is 5.26. The molecule has 0 spiro atoms. The Morgan fingerprint density at radius 1 is 1.03 bits per heavy atom. The van der Waals surface area contributed by atoms with E-state index >= 15 is 0 Å². The van der Waals surface area contributed by atoms with Crippen molar-refractivity contribution in [2.45, 2.75) is 13.0 Å². The number of pyridine rings is 1. The van der Waals surface area contributed by atoms with Crippen LogP contribution in [0.3, 0.4) is 0 Å². The minimum Gasteiger partial charge on any atom is -0.353 e. The summed E-state index contributed by atoms with van der Waals surface area (Å²) in [6, 6.07) is 22.1. The van der Waals surface area contributed by atoms with Gasteiger partial charge in [0.15, 0.2) is 11.6 Å². The van der Waals surface area contributed by atoms with Crippen LogP contribution < -0.4 is 15.2 Å². The molecule has 2 aromatic carbocycles. The summed E-state index contributed by atoms with van der Waals surface area (Å²) in [6.07, 6.45) is 3.26. The van der Waals surface area contributed by atoms with Crippen molar-refractivity contribution >= 4 is 28.3 Å². The standard InChI is InChI=1S/C24H21N5O2/c1-3-20(26-17(2)30)23-27-21-14-8-7-13-19(21)24(28-23)29(18-11-5-4-6-12-18)31-22-15-9-10-16-25-22/h3-16,20H,1H2,2H3,(H,26,30). The minimum atomic E-state index is -0.548. The zero-order chi connectivity index (χ0) is 21.6. The molecule has 31 heavy (non-hydrogen) atoms. The Labute approximate surface area is 180 Å². The summed E-state index contributed by atoms with van der Waals surface area (Å²) >= 11 is 0. The van der Waals surface area contributed by atoms with Crippen LogP contribution in [-0.2, 0) is 4.79 Å². The van der Waals surface area contributed by atoms with Crippen LogP contribution in [0.4, 0.5) is 11.5 Å². The van der Waals surface area contributed by atoms with Gasteiger partial charge in [-0.2, -0.15) is 5.06 Å². The van der Waals surface area contributed by atoms with Crippen LogP contribution in [0, 0.1) is 0 Å². The number of fused-ring (bicyclic) bond motifs is 1. The third kappa shape index (κ3) is 4.51. The van der Waals surface area contributed by atoms with Gasteiger partial charge in [0.2, 0.25) is 11.8 Å². The van der Waals surface area contributed by atoms with Gasteiger partial charge in [-0.3, -0.25) is 4.79 Å². The van der Waals surface area contributed by atoms with E-state index in [0.717, 1.165) is 11.1 Å². The Hall–Kier alpha value is -4.26. The Bertz CT molecular complexity index is 1200. The molecule has 1 unspecified atom stereocenters. The molecule has 4 rings (SSSR count). The van der Waals surface area contributed by atoms with Crippen molar-refractivity contribution in [1.29, 1.82) is 0 Å². The van der Waals surface area contributed by atoms with Crippen LogP contribution in [0.2, 0.25) is 0 Å². The number of amides is 1. The van der Waals surface area contributed by atoms with Crippen molar-refractivity contribution in [3.05, 3.63) is 97.5 Å². The van der Waals surface area contributed by atoms with Crippen molar-refractivity contribution in [2.75, 3.05) is 5.06 Å². The second-order valence-electron chi connectivity index (χ2n) is 6.73. The van der Waals surface area contributed by atoms with Crippen molar-refractivity contribution in [1.82, 2.24) is 20.3 Å². The van der Waals surface area contributed by atoms with Crippen LogP contribution >= 0.6 is 0 Å². The van der Waals surface area contributed by atoms with Crippen molar-refractivity contribution in [3.8, 4) is 5.88 Å². The van der Waals surface area contributed by atoms with E-state index in [0.29, 0.717) is 23.0 Å². The van der Waals surface area contributed by atoms with Gasteiger partial charge in [-0.05, 0) is 30.3 Å². The monoisotopic (exact) mass is 411 g/mol. The molecule has 2 aromatic heterocycles. The number of carbonyl (C=O) groups is 1. The van der Waals surface area contributed by atoms with E-state index in [2.05, 4.69) is 21.9 Å². The van der Waals surface area contributed by atoms with Gasteiger partial charge in [0.05, 0.1) is 11.2 Å². The van der Waals surface area contributed by atoms with Gasteiger partial charge in [-0.25, -0.2) is 15.0 Å². The molecule has 154 valence electrons. The maximum atomic E-state index is 11.7. The zero-order valence-corrected chi connectivity index (χ0v) is 17.0. The van der Waals surface area contributed by atoms with Gasteiger partial charge in [-0.15, -0.1) is 6.58 Å². The number of para-hydroxylation sites is 2. The number of nitrogens with zero attached hydrogens (tertiary/aromatic N) is 4. The number of aromatic nitrogens is 3. The smallest absolute Gasteiger partial charge is 0.246 e. The Morgan fingerprint density at radius 3 is 2.48 bits per heavy atom. The molecule has 0 aliphatic carbocycles. The molecule has 0 radical (unpaired) electrons. The number of rotatable bonds is 7. The van der Waals surface area contributed by atoms with E-state index in [4.69, 9.17) is 9.82 Å². The van der Waals surface area contributed by atoms with E-state index in [9.17, 15) is 4.79 Å². The highest BCUT2D eigenvalue weighted by atomic mass is 16.7. The molecule has 7 heteroatoms. The number of hydrogen-bond acceptors (Lipinski definition) is 6. The molecule has 4 aromatic rings. The lowest BCUT2D eigenvalue weighted by Gasteiger charge is -2.25. The molecule has 0 bridgehead atoms. The highest BCUT2D eigenvalue weighted by molar-refractivity contribution is 5.91. The van der Waals surface area contributed by atoms with Crippen LogP contribution in [-0.4, -0.2) is 20.9 Å². The first kappa shape index (κ1) is 20.0. The zero-order valence-electron chi connectivity index (χ0n) is 17.0. The molecular formula is C24H21N5O2. The topological polar surface area (TPSA) is 80.2 Å². The summed E-state index contributed by atoms with van der Waals surface area (Å²) in [5.41, 5.74) is 1.47. The first-order chi connectivity index (χ1) is 15.2. The molecule has 2 heterocycles. The van der Waals surface area contributed by atoms with E-state index in [1.54, 1.807) is 23.4 Å². The number of carbonyl (C=O) groups excluding carboxylic acids is 1. The van der Waals surface area contributed by atoms with Gasteiger partial charge < -0.3 is 10.2 Å². The highest BCUT2D eigenvalue weighted by Gasteiger charge is 2.22. The summed E-state index contributed by atoms with van der Waals surface area (Å²) in [7, 11) is 0. The van der Waals surface area contributed by atoms with Gasteiger partial charge in [0.1, 0.15) is 6.04 Å². The first-order valence-corrected chi connectivity index (χ1v) is 9.76. The van der Waals surface area contributed by atoms with Crippen LogP contribution in [0.15, 0.2) is 91.6 Å². The highest BCUT2D eigenvalue weighted by Crippen LogP contribution is 2.32. The Balaban J connectivity index is 1.90. The van der Waals surface area contributed by atoms with Gasteiger partial charge in [-0.1, -0.05) is 42.5 Å². The fourth-order valence-electron chi connectivity index (χ4n) is 3.10. The van der Waals surface area contributed by atoms with E-state index in [1.807, 2.05) is 66.7 Å². The summed E-state index contributed by atoms with van der Waals surface area (Å²) < 4.78 is 0. The van der Waals surface area contributed by atoms with E-state index in [-0.39, 0.29) is 5.91 Å². The maximum Gasteiger partial charge on any atom is 0.246 e. The number of hydrogen-bond donors (Lipinski definition) is 1. The lowest BCUT2D eigenvalue weighted by Crippen LogP contribution is -2.28. The first-order valence-electron chi connectivity index (χ1n) is 9.76. The molecule has 1 N–H and O–H groups in total. The second-order valence-corrected chi connectivity index (χ2v) is 6.73.